The quantitative estimate of drug-likeness (QED) is 0.340. The first-order chi connectivity index (χ1) is 17.2. The highest BCUT2D eigenvalue weighted by Gasteiger charge is 2.38. The fourth-order valence-electron chi connectivity index (χ4n) is 3.80. The summed E-state index contributed by atoms with van der Waals surface area (Å²) >= 11 is 0. The average molecular weight is 517 g/mol. The van der Waals surface area contributed by atoms with Crippen LogP contribution in [0.5, 0.6) is 0 Å². The first-order valence-corrected chi connectivity index (χ1v) is 12.4. The summed E-state index contributed by atoms with van der Waals surface area (Å²) in [6.45, 7) is 13.8. The van der Waals surface area contributed by atoms with Gasteiger partial charge in [-0.2, -0.15) is 5.26 Å². The molecule has 0 aromatic heterocycles. The third-order valence-electron chi connectivity index (χ3n) is 5.44. The van der Waals surface area contributed by atoms with E-state index in [0.29, 0.717) is 5.56 Å². The molecule has 2 N–H and O–H groups in total. The minimum atomic E-state index is -1.17. The number of benzene rings is 1. The van der Waals surface area contributed by atoms with Crippen LogP contribution in [0, 0.1) is 31.1 Å². The highest BCUT2D eigenvalue weighted by Crippen LogP contribution is 2.29. The van der Waals surface area contributed by atoms with Crippen molar-refractivity contribution >= 4 is 23.9 Å². The number of hydrogen-bond acceptors (Lipinski definition) is 7. The minimum Gasteiger partial charge on any atom is -0.466 e. The largest absolute Gasteiger partial charge is 0.466 e. The molecule has 0 heterocycles. The molecule has 0 fully saturated rings. The van der Waals surface area contributed by atoms with Gasteiger partial charge in [-0.15, -0.1) is 0 Å². The molecule has 0 spiro atoms. The number of nitrogens with one attached hydrogen (secondary N) is 2. The van der Waals surface area contributed by atoms with Crippen LogP contribution in [0.25, 0.3) is 0 Å². The van der Waals surface area contributed by atoms with E-state index in [0.717, 1.165) is 16.0 Å². The van der Waals surface area contributed by atoms with Crippen LogP contribution >= 0.6 is 0 Å². The van der Waals surface area contributed by atoms with E-state index in [9.17, 15) is 24.4 Å². The molecule has 37 heavy (non-hydrogen) atoms. The zero-order valence-electron chi connectivity index (χ0n) is 23.1. The predicted octanol–water partition coefficient (Wildman–Crippen LogP) is 3.32. The average Bonchev–Trinajstić information content (AvgIpc) is 2.77. The SMILES string of the molecule is CCOC(=O)CCNC(=O)C(c1c(C)cccc1C)N(CC#N)C(=O)C(NC(=O)OC(C)(C)C)C(C)C. The van der Waals surface area contributed by atoms with Crippen LogP contribution in [-0.4, -0.2) is 60.1 Å². The number of hydrogen-bond donors (Lipinski definition) is 2. The Hall–Kier alpha value is -3.61. The maximum absolute atomic E-state index is 13.8. The number of aryl methyl sites for hydroxylation is 2. The third kappa shape index (κ3) is 9.75. The maximum Gasteiger partial charge on any atom is 0.408 e. The second-order valence-electron chi connectivity index (χ2n) is 10.0. The van der Waals surface area contributed by atoms with Gasteiger partial charge in [0, 0.05) is 6.54 Å². The Kier molecular flexibility index (Phi) is 12.1. The third-order valence-corrected chi connectivity index (χ3v) is 5.44. The lowest BCUT2D eigenvalue weighted by Gasteiger charge is -2.35. The van der Waals surface area contributed by atoms with Crippen molar-refractivity contribution in [3.05, 3.63) is 34.9 Å². The lowest BCUT2D eigenvalue weighted by Crippen LogP contribution is -2.55. The van der Waals surface area contributed by atoms with E-state index in [-0.39, 0.29) is 25.5 Å². The van der Waals surface area contributed by atoms with Crippen molar-refractivity contribution in [2.45, 2.75) is 79.5 Å². The zero-order valence-corrected chi connectivity index (χ0v) is 23.1. The summed E-state index contributed by atoms with van der Waals surface area (Å²) in [7, 11) is 0. The first kappa shape index (κ1) is 31.4. The van der Waals surface area contributed by atoms with E-state index in [2.05, 4.69) is 10.6 Å². The molecule has 0 saturated heterocycles. The van der Waals surface area contributed by atoms with Crippen molar-refractivity contribution in [2.24, 2.45) is 5.92 Å². The van der Waals surface area contributed by atoms with Crippen molar-refractivity contribution in [1.82, 2.24) is 15.5 Å². The second kappa shape index (κ2) is 14.2. The minimum absolute atomic E-state index is 0.00253. The molecule has 0 aliphatic carbocycles. The number of carbonyl (C=O) groups is 4. The van der Waals surface area contributed by atoms with Crippen LogP contribution < -0.4 is 10.6 Å². The van der Waals surface area contributed by atoms with Crippen LogP contribution in [0.1, 0.15) is 70.7 Å². The predicted molar refractivity (Wildman–Crippen MR) is 138 cm³/mol. The normalized spacial score (nSPS) is 12.6. The molecule has 1 rings (SSSR count). The van der Waals surface area contributed by atoms with Crippen LogP contribution in [0.3, 0.4) is 0 Å². The standard InChI is InChI=1S/C27H40N4O6/c1-9-36-20(32)13-15-29-24(33)23(21-18(4)11-10-12-19(21)5)31(16-14-28)25(34)22(17(2)3)30-26(35)37-27(6,7)8/h10-12,17,22-23H,9,13,15-16H2,1-8H3,(H,29,33)(H,30,35). The Labute approximate surface area is 219 Å². The molecule has 2 atom stereocenters. The molecule has 2 unspecified atom stereocenters. The number of rotatable bonds is 11. The molecule has 204 valence electrons. The van der Waals surface area contributed by atoms with E-state index in [1.807, 2.05) is 38.1 Å². The second-order valence-corrected chi connectivity index (χ2v) is 10.0. The molecule has 1 aromatic carbocycles. The van der Waals surface area contributed by atoms with Gasteiger partial charge in [0.05, 0.1) is 19.1 Å². The van der Waals surface area contributed by atoms with Gasteiger partial charge in [0.25, 0.3) is 0 Å². The van der Waals surface area contributed by atoms with E-state index >= 15 is 0 Å². The van der Waals surface area contributed by atoms with Gasteiger partial charge in [-0.25, -0.2) is 4.79 Å². The van der Waals surface area contributed by atoms with Crippen LogP contribution in [0.4, 0.5) is 4.79 Å². The molecule has 10 heteroatoms. The van der Waals surface area contributed by atoms with E-state index in [1.165, 1.54) is 0 Å². The van der Waals surface area contributed by atoms with Crippen LogP contribution in [0.15, 0.2) is 18.2 Å². The van der Waals surface area contributed by atoms with Crippen LogP contribution in [0.2, 0.25) is 0 Å². The summed E-state index contributed by atoms with van der Waals surface area (Å²) in [5, 5.41) is 14.9. The lowest BCUT2D eigenvalue weighted by atomic mass is 9.92. The number of ether oxygens (including phenoxy) is 2. The maximum atomic E-state index is 13.8. The van der Waals surface area contributed by atoms with Gasteiger partial charge < -0.3 is 25.0 Å². The molecule has 1 aromatic rings. The monoisotopic (exact) mass is 516 g/mol. The summed E-state index contributed by atoms with van der Waals surface area (Å²) < 4.78 is 10.2. The molecule has 0 radical (unpaired) electrons. The van der Waals surface area contributed by atoms with E-state index in [1.54, 1.807) is 41.5 Å². The zero-order chi connectivity index (χ0) is 28.3. The van der Waals surface area contributed by atoms with Gasteiger partial charge in [-0.3, -0.25) is 14.4 Å². The summed E-state index contributed by atoms with van der Waals surface area (Å²) in [6.07, 6.45) is -0.820. The Balaban J connectivity index is 3.44. The molecular formula is C27H40N4O6. The van der Waals surface area contributed by atoms with Gasteiger partial charge in [0.1, 0.15) is 24.2 Å². The van der Waals surface area contributed by atoms with Gasteiger partial charge in [-0.1, -0.05) is 32.0 Å². The molecule has 3 amide bonds. The number of esters is 1. The Morgan fingerprint density at radius 1 is 1.11 bits per heavy atom. The Bertz CT molecular complexity index is 989. The smallest absolute Gasteiger partial charge is 0.408 e. The molecule has 0 saturated carbocycles. The van der Waals surface area contributed by atoms with Gasteiger partial charge in [0.15, 0.2) is 0 Å². The highest BCUT2D eigenvalue weighted by molar-refractivity contribution is 5.93. The van der Waals surface area contributed by atoms with Gasteiger partial charge in [0.2, 0.25) is 11.8 Å². The Morgan fingerprint density at radius 3 is 2.19 bits per heavy atom. The van der Waals surface area contributed by atoms with Gasteiger partial charge in [-0.05, 0) is 64.2 Å². The molecular weight excluding hydrogens is 476 g/mol. The first-order valence-electron chi connectivity index (χ1n) is 12.4. The number of amides is 3. The molecule has 0 aliphatic rings. The fraction of sp³-hybridized carbons (Fsp3) is 0.593. The molecule has 0 aliphatic heterocycles. The van der Waals surface area contributed by atoms with Crippen molar-refractivity contribution in [3.8, 4) is 6.07 Å². The number of nitrogens with zero attached hydrogens (tertiary/aromatic N) is 2. The summed E-state index contributed by atoms with van der Waals surface area (Å²) in [6, 6.07) is 5.22. The molecule has 0 bridgehead atoms. The van der Waals surface area contributed by atoms with Gasteiger partial charge >= 0.3 is 12.1 Å². The van der Waals surface area contributed by atoms with Crippen molar-refractivity contribution in [2.75, 3.05) is 19.7 Å². The summed E-state index contributed by atoms with van der Waals surface area (Å²) in [5.74, 6) is -1.98. The van der Waals surface area contributed by atoms with E-state index < -0.39 is 48.1 Å². The lowest BCUT2D eigenvalue weighted by molar-refractivity contribution is -0.144. The summed E-state index contributed by atoms with van der Waals surface area (Å²) in [5.41, 5.74) is 1.30. The molecule has 10 nitrogen and oxygen atoms in total. The van der Waals surface area contributed by atoms with Crippen LogP contribution in [-0.2, 0) is 23.9 Å². The number of carbonyl (C=O) groups excluding carboxylic acids is 4. The Morgan fingerprint density at radius 2 is 1.70 bits per heavy atom. The topological polar surface area (TPSA) is 138 Å². The van der Waals surface area contributed by atoms with E-state index in [4.69, 9.17) is 9.47 Å². The van der Waals surface area contributed by atoms with Crippen molar-refractivity contribution in [3.63, 3.8) is 0 Å². The fourth-order valence-corrected chi connectivity index (χ4v) is 3.80. The number of alkyl carbamates (subject to hydrolysis) is 1. The highest BCUT2D eigenvalue weighted by atomic mass is 16.6. The summed E-state index contributed by atoms with van der Waals surface area (Å²) in [4.78, 5) is 52.8. The number of nitriles is 1. The van der Waals surface area contributed by atoms with Crippen molar-refractivity contribution < 1.29 is 28.7 Å². The van der Waals surface area contributed by atoms with Crippen molar-refractivity contribution in [1.29, 1.82) is 5.26 Å².